The summed E-state index contributed by atoms with van der Waals surface area (Å²) >= 11 is 0. The second-order valence-corrected chi connectivity index (χ2v) is 14.2. The number of dihydropyridines is 1. The van der Waals surface area contributed by atoms with Gasteiger partial charge in [0.2, 0.25) is 0 Å². The molecule has 10 aromatic rings. The number of H-pyrrole nitrogens is 1. The van der Waals surface area contributed by atoms with Crippen LogP contribution >= 0.6 is 0 Å². The molecule has 2 nitrogen and oxygen atoms in total. The summed E-state index contributed by atoms with van der Waals surface area (Å²) in [5.41, 5.74) is 10.8. The van der Waals surface area contributed by atoms with Crippen molar-refractivity contribution in [3.05, 3.63) is 205 Å². The highest BCUT2D eigenvalue weighted by Gasteiger charge is 2.21. The molecular formula is C51H34N2. The molecule has 0 bridgehead atoms. The monoisotopic (exact) mass is 674 g/mol. The number of aromatic amines is 1. The molecule has 1 aliphatic rings. The van der Waals surface area contributed by atoms with Gasteiger partial charge in [0.15, 0.2) is 0 Å². The van der Waals surface area contributed by atoms with Crippen LogP contribution in [0, 0.1) is 0 Å². The third-order valence-electron chi connectivity index (χ3n) is 11.2. The van der Waals surface area contributed by atoms with E-state index in [1.807, 2.05) is 0 Å². The van der Waals surface area contributed by atoms with E-state index in [9.17, 15) is 0 Å². The number of nitrogens with one attached hydrogen (secondary N) is 2. The minimum Gasteiger partial charge on any atom is -0.374 e. The van der Waals surface area contributed by atoms with Crippen molar-refractivity contribution in [3.8, 4) is 11.1 Å². The van der Waals surface area contributed by atoms with Gasteiger partial charge in [0, 0.05) is 38.3 Å². The van der Waals surface area contributed by atoms with E-state index < -0.39 is 0 Å². The molecule has 248 valence electrons. The SMILES string of the molecule is C1=C(c2ccccc2)C=C(c2cccc3ccccc23)NC1c1ccc(-c2cc3c4ccccc4c4[nH]c5ccccc5c4c3c3ccccc23)cc1. The Labute approximate surface area is 307 Å². The van der Waals surface area contributed by atoms with Crippen molar-refractivity contribution >= 4 is 76.2 Å². The van der Waals surface area contributed by atoms with Gasteiger partial charge in [0.25, 0.3) is 0 Å². The normalized spacial score (nSPS) is 14.6. The average Bonchev–Trinajstić information content (AvgIpc) is 3.63. The van der Waals surface area contributed by atoms with Gasteiger partial charge in [-0.1, -0.05) is 164 Å². The Morgan fingerprint density at radius 3 is 1.91 bits per heavy atom. The van der Waals surface area contributed by atoms with Crippen LogP contribution in [0.4, 0.5) is 0 Å². The second kappa shape index (κ2) is 11.8. The van der Waals surface area contributed by atoms with Crippen molar-refractivity contribution in [2.45, 2.75) is 6.04 Å². The number of benzene rings is 9. The van der Waals surface area contributed by atoms with Crippen LogP contribution < -0.4 is 5.32 Å². The van der Waals surface area contributed by atoms with Gasteiger partial charge in [-0.2, -0.15) is 0 Å². The molecule has 9 aromatic carbocycles. The highest BCUT2D eigenvalue weighted by atomic mass is 14.9. The van der Waals surface area contributed by atoms with Crippen molar-refractivity contribution in [2.24, 2.45) is 0 Å². The van der Waals surface area contributed by atoms with Crippen LogP contribution in [-0.2, 0) is 0 Å². The molecule has 0 aliphatic carbocycles. The van der Waals surface area contributed by atoms with E-state index in [-0.39, 0.29) is 6.04 Å². The molecule has 0 spiro atoms. The molecule has 1 unspecified atom stereocenters. The summed E-state index contributed by atoms with van der Waals surface area (Å²) < 4.78 is 0. The zero-order chi connectivity index (χ0) is 34.9. The molecule has 2 heterocycles. The highest BCUT2D eigenvalue weighted by Crippen LogP contribution is 2.45. The molecule has 2 N–H and O–H groups in total. The van der Waals surface area contributed by atoms with Crippen LogP contribution in [0.15, 0.2) is 188 Å². The van der Waals surface area contributed by atoms with Crippen LogP contribution in [-0.4, -0.2) is 4.98 Å². The van der Waals surface area contributed by atoms with Crippen LogP contribution in [0.5, 0.6) is 0 Å². The summed E-state index contributed by atoms with van der Waals surface area (Å²) in [6.45, 7) is 0. The smallest absolute Gasteiger partial charge is 0.0707 e. The van der Waals surface area contributed by atoms with Crippen molar-refractivity contribution in [2.75, 3.05) is 0 Å². The van der Waals surface area contributed by atoms with Gasteiger partial charge in [-0.25, -0.2) is 0 Å². The molecule has 1 atom stereocenters. The minimum atomic E-state index is 0.00525. The molecule has 0 amide bonds. The fraction of sp³-hybridized carbons (Fsp3) is 0.0196. The number of fused-ring (bicyclic) bond motifs is 11. The van der Waals surface area contributed by atoms with Gasteiger partial charge < -0.3 is 10.3 Å². The molecule has 1 aliphatic heterocycles. The van der Waals surface area contributed by atoms with Crippen LogP contribution in [0.3, 0.4) is 0 Å². The zero-order valence-corrected chi connectivity index (χ0v) is 29.0. The Bertz CT molecular complexity index is 3120. The summed E-state index contributed by atoms with van der Waals surface area (Å²) in [4.78, 5) is 3.78. The zero-order valence-electron chi connectivity index (χ0n) is 29.0. The van der Waals surface area contributed by atoms with Crippen molar-refractivity contribution in [1.82, 2.24) is 10.3 Å². The third-order valence-corrected chi connectivity index (χ3v) is 11.2. The predicted octanol–water partition coefficient (Wildman–Crippen LogP) is 13.4. The maximum absolute atomic E-state index is 3.92. The maximum Gasteiger partial charge on any atom is 0.0707 e. The fourth-order valence-corrected chi connectivity index (χ4v) is 8.75. The van der Waals surface area contributed by atoms with Crippen LogP contribution in [0.25, 0.3) is 87.3 Å². The van der Waals surface area contributed by atoms with Crippen molar-refractivity contribution in [1.29, 1.82) is 0 Å². The fourth-order valence-electron chi connectivity index (χ4n) is 8.75. The first-order chi connectivity index (χ1) is 26.3. The average molecular weight is 675 g/mol. The quantitative estimate of drug-likeness (QED) is 0.179. The Morgan fingerprint density at radius 2 is 1.08 bits per heavy atom. The third kappa shape index (κ3) is 4.73. The number of para-hydroxylation sites is 1. The Kier molecular flexibility index (Phi) is 6.65. The lowest BCUT2D eigenvalue weighted by Gasteiger charge is -2.26. The lowest BCUT2D eigenvalue weighted by molar-refractivity contribution is 0.767. The van der Waals surface area contributed by atoms with Crippen LogP contribution in [0.1, 0.15) is 22.7 Å². The first-order valence-electron chi connectivity index (χ1n) is 18.4. The van der Waals surface area contributed by atoms with E-state index in [0.29, 0.717) is 0 Å². The second-order valence-electron chi connectivity index (χ2n) is 14.2. The summed E-state index contributed by atoms with van der Waals surface area (Å²) in [6, 6.07) is 64.1. The molecule has 0 fully saturated rings. The van der Waals surface area contributed by atoms with Crippen LogP contribution in [0.2, 0.25) is 0 Å². The lowest BCUT2D eigenvalue weighted by atomic mass is 9.88. The number of aromatic nitrogens is 1. The standard InChI is InChI=1S/C51H34N2/c1-2-13-32(14-3-1)36-29-47(52-48(30-36)40-23-12-16-33-15-4-5-17-37(33)40)35-27-25-34(26-28-35)44-31-45-39-19-7-9-21-42(39)51-50(43-22-10-11-24-46(43)53-51)49(45)41-20-8-6-18-38(41)44/h1-31,47,52-53H. The Morgan fingerprint density at radius 1 is 0.415 bits per heavy atom. The highest BCUT2D eigenvalue weighted by molar-refractivity contribution is 6.37. The summed E-state index contributed by atoms with van der Waals surface area (Å²) in [5, 5.41) is 16.6. The van der Waals surface area contributed by atoms with E-state index in [0.717, 1.165) is 5.70 Å². The number of hydrogen-bond donors (Lipinski definition) is 2. The molecule has 53 heavy (non-hydrogen) atoms. The number of allylic oxidation sites excluding steroid dienone is 2. The number of rotatable bonds is 4. The van der Waals surface area contributed by atoms with Crippen molar-refractivity contribution in [3.63, 3.8) is 0 Å². The molecule has 11 rings (SSSR count). The van der Waals surface area contributed by atoms with E-state index in [4.69, 9.17) is 0 Å². The Balaban J connectivity index is 1.07. The van der Waals surface area contributed by atoms with Crippen molar-refractivity contribution < 1.29 is 0 Å². The summed E-state index contributed by atoms with van der Waals surface area (Å²) in [6.07, 6.45) is 4.67. The molecule has 0 radical (unpaired) electrons. The maximum atomic E-state index is 3.92. The van der Waals surface area contributed by atoms with E-state index in [1.165, 1.54) is 98.3 Å². The minimum absolute atomic E-state index is 0.00525. The van der Waals surface area contributed by atoms with E-state index in [1.54, 1.807) is 0 Å². The van der Waals surface area contributed by atoms with E-state index >= 15 is 0 Å². The Hall–Kier alpha value is -6.90. The van der Waals surface area contributed by atoms with Gasteiger partial charge >= 0.3 is 0 Å². The predicted molar refractivity (Wildman–Crippen MR) is 226 cm³/mol. The first-order valence-corrected chi connectivity index (χ1v) is 18.4. The molecule has 0 saturated carbocycles. The number of hydrogen-bond acceptors (Lipinski definition) is 1. The van der Waals surface area contributed by atoms with Gasteiger partial charge in [-0.05, 0) is 84.4 Å². The summed E-state index contributed by atoms with van der Waals surface area (Å²) in [5.74, 6) is 0. The summed E-state index contributed by atoms with van der Waals surface area (Å²) in [7, 11) is 0. The topological polar surface area (TPSA) is 27.8 Å². The molecule has 0 saturated heterocycles. The molecular weight excluding hydrogens is 641 g/mol. The van der Waals surface area contributed by atoms with Gasteiger partial charge in [0.1, 0.15) is 0 Å². The molecule has 2 heteroatoms. The lowest BCUT2D eigenvalue weighted by Crippen LogP contribution is -2.21. The van der Waals surface area contributed by atoms with Gasteiger partial charge in [-0.15, -0.1) is 0 Å². The first kappa shape index (κ1) is 29.8. The largest absolute Gasteiger partial charge is 0.374 e. The van der Waals surface area contributed by atoms with E-state index in [2.05, 4.69) is 198 Å². The molecule has 1 aromatic heterocycles. The van der Waals surface area contributed by atoms with Gasteiger partial charge in [0.05, 0.1) is 11.6 Å². The van der Waals surface area contributed by atoms with Gasteiger partial charge in [-0.3, -0.25) is 0 Å².